The van der Waals surface area contributed by atoms with Crippen molar-refractivity contribution in [3.05, 3.63) is 34.3 Å². The van der Waals surface area contributed by atoms with E-state index in [0.717, 1.165) is 10.0 Å². The second-order valence-corrected chi connectivity index (χ2v) is 3.80. The van der Waals surface area contributed by atoms with Crippen molar-refractivity contribution in [2.45, 2.75) is 18.5 Å². The molecule has 1 aromatic rings. The zero-order valence-corrected chi connectivity index (χ0v) is 7.57. The molecule has 0 N–H and O–H groups in total. The van der Waals surface area contributed by atoms with Crippen LogP contribution in [0.4, 0.5) is 4.39 Å². The van der Waals surface area contributed by atoms with Crippen molar-refractivity contribution in [1.29, 1.82) is 0 Å². The minimum Gasteiger partial charge on any atom is -0.239 e. The molecule has 1 saturated carbocycles. The number of hydrogen-bond donors (Lipinski definition) is 0. The predicted molar refractivity (Wildman–Crippen MR) is 46.2 cm³/mol. The first-order valence-corrected chi connectivity index (χ1v) is 4.46. The van der Waals surface area contributed by atoms with Gasteiger partial charge in [-0.1, -0.05) is 34.1 Å². The maximum absolute atomic E-state index is 13.5. The highest BCUT2D eigenvalue weighted by Gasteiger charge is 2.45. The lowest BCUT2D eigenvalue weighted by atomic mass is 10.1. The van der Waals surface area contributed by atoms with E-state index in [4.69, 9.17) is 0 Å². The molecule has 0 saturated heterocycles. The highest BCUT2D eigenvalue weighted by atomic mass is 79.9. The summed E-state index contributed by atoms with van der Waals surface area (Å²) in [4.78, 5) is 0. The summed E-state index contributed by atoms with van der Waals surface area (Å²) >= 11 is 3.33. The molecule has 0 bridgehead atoms. The summed E-state index contributed by atoms with van der Waals surface area (Å²) in [7, 11) is 0. The Kier molecular flexibility index (Phi) is 1.53. The summed E-state index contributed by atoms with van der Waals surface area (Å²) in [5.41, 5.74) is -0.208. The smallest absolute Gasteiger partial charge is 0.137 e. The minimum atomic E-state index is -1.01. The maximum atomic E-state index is 13.5. The fraction of sp³-hybridized carbons (Fsp3) is 0.333. The third-order valence-electron chi connectivity index (χ3n) is 2.05. The number of halogens is 2. The van der Waals surface area contributed by atoms with Gasteiger partial charge in [0.05, 0.1) is 0 Å². The van der Waals surface area contributed by atoms with Gasteiger partial charge in [-0.3, -0.25) is 0 Å². The van der Waals surface area contributed by atoms with E-state index in [0.29, 0.717) is 12.8 Å². The van der Waals surface area contributed by atoms with Crippen molar-refractivity contribution in [1.82, 2.24) is 0 Å². The monoisotopic (exact) mass is 214 g/mol. The Morgan fingerprint density at radius 2 is 1.91 bits per heavy atom. The molecule has 11 heavy (non-hydrogen) atoms. The molecule has 0 atom stereocenters. The van der Waals surface area contributed by atoms with Gasteiger partial charge in [0.25, 0.3) is 0 Å². The molecule has 0 aromatic heterocycles. The fourth-order valence-electron chi connectivity index (χ4n) is 1.20. The van der Waals surface area contributed by atoms with Gasteiger partial charge < -0.3 is 0 Å². The zero-order valence-electron chi connectivity index (χ0n) is 5.98. The van der Waals surface area contributed by atoms with Crippen molar-refractivity contribution in [3.63, 3.8) is 0 Å². The molecule has 1 aliphatic rings. The quantitative estimate of drug-likeness (QED) is 0.673. The molecule has 1 aromatic carbocycles. The van der Waals surface area contributed by atoms with Crippen LogP contribution in [0, 0.1) is 0 Å². The predicted octanol–water partition coefficient (Wildman–Crippen LogP) is 3.41. The molecule has 2 rings (SSSR count). The average molecular weight is 215 g/mol. The van der Waals surface area contributed by atoms with Crippen LogP contribution in [0.3, 0.4) is 0 Å². The second-order valence-electron chi connectivity index (χ2n) is 2.95. The summed E-state index contributed by atoms with van der Waals surface area (Å²) in [6, 6.07) is 7.51. The standard InChI is InChI=1S/C9H8BrF/c10-8-4-2-1-3-7(8)9(11)5-6-9/h1-4H,5-6H2. The topological polar surface area (TPSA) is 0 Å². The molecule has 0 heterocycles. The van der Waals surface area contributed by atoms with Crippen LogP contribution >= 0.6 is 15.9 Å². The van der Waals surface area contributed by atoms with Crippen LogP contribution in [0.25, 0.3) is 0 Å². The highest BCUT2D eigenvalue weighted by Crippen LogP contribution is 2.51. The Morgan fingerprint density at radius 1 is 1.27 bits per heavy atom. The van der Waals surface area contributed by atoms with E-state index in [1.54, 1.807) is 0 Å². The summed E-state index contributed by atoms with van der Waals surface area (Å²) < 4.78 is 14.4. The molecule has 0 nitrogen and oxygen atoms in total. The lowest BCUT2D eigenvalue weighted by Crippen LogP contribution is -1.97. The first-order valence-electron chi connectivity index (χ1n) is 3.66. The average Bonchev–Trinajstić information content (AvgIpc) is 2.70. The molecule has 0 unspecified atom stereocenters. The van der Waals surface area contributed by atoms with Crippen molar-refractivity contribution in [2.24, 2.45) is 0 Å². The van der Waals surface area contributed by atoms with Gasteiger partial charge in [-0.25, -0.2) is 4.39 Å². The maximum Gasteiger partial charge on any atom is 0.137 e. The van der Waals surface area contributed by atoms with E-state index < -0.39 is 5.67 Å². The lowest BCUT2D eigenvalue weighted by molar-refractivity contribution is 0.316. The Bertz CT molecular complexity index is 279. The van der Waals surface area contributed by atoms with Crippen LogP contribution in [-0.2, 0) is 5.67 Å². The van der Waals surface area contributed by atoms with E-state index in [1.165, 1.54) is 0 Å². The highest BCUT2D eigenvalue weighted by molar-refractivity contribution is 9.10. The van der Waals surface area contributed by atoms with Gasteiger partial charge in [0, 0.05) is 10.0 Å². The van der Waals surface area contributed by atoms with E-state index in [2.05, 4.69) is 15.9 Å². The summed E-state index contributed by atoms with van der Waals surface area (Å²) in [5.74, 6) is 0. The summed E-state index contributed by atoms with van der Waals surface area (Å²) in [6.45, 7) is 0. The van der Waals surface area contributed by atoms with Gasteiger partial charge in [-0.05, 0) is 18.9 Å². The van der Waals surface area contributed by atoms with Crippen molar-refractivity contribution < 1.29 is 4.39 Å². The summed E-state index contributed by atoms with van der Waals surface area (Å²) in [6.07, 6.45) is 1.35. The molecule has 0 aliphatic heterocycles. The van der Waals surface area contributed by atoms with E-state index >= 15 is 0 Å². The number of hydrogen-bond acceptors (Lipinski definition) is 0. The van der Waals surface area contributed by atoms with Gasteiger partial charge in [-0.15, -0.1) is 0 Å². The van der Waals surface area contributed by atoms with E-state index in [9.17, 15) is 4.39 Å². The summed E-state index contributed by atoms with van der Waals surface area (Å²) in [5, 5.41) is 0. The third-order valence-corrected chi connectivity index (χ3v) is 2.74. The van der Waals surface area contributed by atoms with Crippen LogP contribution in [0.1, 0.15) is 18.4 Å². The molecule has 58 valence electrons. The van der Waals surface area contributed by atoms with Gasteiger partial charge in [0.15, 0.2) is 0 Å². The van der Waals surface area contributed by atoms with Gasteiger partial charge in [0.2, 0.25) is 0 Å². The Hall–Kier alpha value is -0.370. The molecule has 0 radical (unpaired) electrons. The first-order chi connectivity index (χ1) is 5.22. The van der Waals surface area contributed by atoms with Gasteiger partial charge in [0.1, 0.15) is 5.67 Å². The molecule has 1 fully saturated rings. The minimum absolute atomic E-state index is 0.676. The molecular weight excluding hydrogens is 207 g/mol. The van der Waals surface area contributed by atoms with E-state index in [-0.39, 0.29) is 0 Å². The third kappa shape index (κ3) is 1.20. The Labute approximate surface area is 73.6 Å². The van der Waals surface area contributed by atoms with E-state index in [1.807, 2.05) is 24.3 Å². The zero-order chi connectivity index (χ0) is 7.90. The first kappa shape index (κ1) is 7.29. The SMILES string of the molecule is FC1(c2ccccc2Br)CC1. The van der Waals surface area contributed by atoms with Crippen LogP contribution in [-0.4, -0.2) is 0 Å². The number of rotatable bonds is 1. The number of benzene rings is 1. The Balaban J connectivity index is 2.45. The number of alkyl halides is 1. The molecule has 2 heteroatoms. The van der Waals surface area contributed by atoms with Crippen LogP contribution in [0.5, 0.6) is 0 Å². The van der Waals surface area contributed by atoms with Crippen LogP contribution in [0.15, 0.2) is 28.7 Å². The van der Waals surface area contributed by atoms with Gasteiger partial charge >= 0.3 is 0 Å². The van der Waals surface area contributed by atoms with Crippen molar-refractivity contribution >= 4 is 15.9 Å². The fourth-order valence-corrected chi connectivity index (χ4v) is 1.84. The largest absolute Gasteiger partial charge is 0.239 e. The second kappa shape index (κ2) is 2.31. The molecular formula is C9H8BrF. The van der Waals surface area contributed by atoms with Crippen molar-refractivity contribution in [2.75, 3.05) is 0 Å². The Morgan fingerprint density at radius 3 is 2.45 bits per heavy atom. The molecule has 0 spiro atoms. The lowest BCUT2D eigenvalue weighted by Gasteiger charge is -2.06. The van der Waals surface area contributed by atoms with Gasteiger partial charge in [-0.2, -0.15) is 0 Å². The van der Waals surface area contributed by atoms with Crippen LogP contribution < -0.4 is 0 Å². The molecule has 1 aliphatic carbocycles. The van der Waals surface area contributed by atoms with Crippen molar-refractivity contribution in [3.8, 4) is 0 Å². The normalized spacial score (nSPS) is 19.8. The molecule has 0 amide bonds. The van der Waals surface area contributed by atoms with Crippen LogP contribution in [0.2, 0.25) is 0 Å².